The normalized spacial score (nSPS) is 28.0. The molecule has 2 aliphatic rings. The van der Waals surface area contributed by atoms with Crippen LogP contribution < -0.4 is 0 Å². The Bertz CT molecular complexity index is 341. The second-order valence-corrected chi connectivity index (χ2v) is 6.10. The van der Waals surface area contributed by atoms with Crippen molar-refractivity contribution in [1.82, 2.24) is 9.80 Å². The number of likely N-dealkylation sites (tertiary alicyclic amines) is 1. The van der Waals surface area contributed by atoms with E-state index < -0.39 is 0 Å². The molecule has 0 aromatic heterocycles. The molecule has 4 heteroatoms. The lowest BCUT2D eigenvalue weighted by molar-refractivity contribution is -0.129. The summed E-state index contributed by atoms with van der Waals surface area (Å²) in [5.74, 6) is 0.959. The maximum absolute atomic E-state index is 11.9. The molecule has 0 aromatic carbocycles. The van der Waals surface area contributed by atoms with Crippen molar-refractivity contribution in [2.24, 2.45) is 5.92 Å². The van der Waals surface area contributed by atoms with E-state index in [0.717, 1.165) is 45.2 Å². The summed E-state index contributed by atoms with van der Waals surface area (Å²) in [6, 6.07) is 0.462. The lowest BCUT2D eigenvalue weighted by atomic mass is 9.95. The van der Waals surface area contributed by atoms with Gasteiger partial charge in [-0.15, -0.1) is 0 Å². The third kappa shape index (κ3) is 3.56. The maximum atomic E-state index is 11.9. The number of amides is 1. The molecule has 0 radical (unpaired) electrons. The minimum Gasteiger partial charge on any atom is -0.349 e. The van der Waals surface area contributed by atoms with Crippen molar-refractivity contribution in [3.8, 4) is 0 Å². The average molecular weight is 266 g/mol. The Morgan fingerprint density at radius 3 is 2.74 bits per heavy atom. The van der Waals surface area contributed by atoms with Crippen molar-refractivity contribution < 1.29 is 9.59 Å². The van der Waals surface area contributed by atoms with Gasteiger partial charge in [0.15, 0.2) is 0 Å². The van der Waals surface area contributed by atoms with Crippen molar-refractivity contribution >= 4 is 11.7 Å². The predicted octanol–water partition coefficient (Wildman–Crippen LogP) is 1.69. The average Bonchev–Trinajstić information content (AvgIpc) is 2.97. The van der Waals surface area contributed by atoms with E-state index in [1.807, 2.05) is 0 Å². The summed E-state index contributed by atoms with van der Waals surface area (Å²) in [5.41, 5.74) is 0. The minimum absolute atomic E-state index is 0.202. The van der Waals surface area contributed by atoms with Crippen LogP contribution in [0.15, 0.2) is 0 Å². The molecule has 1 saturated heterocycles. The lowest BCUT2D eigenvalue weighted by Gasteiger charge is -2.28. The zero-order chi connectivity index (χ0) is 13.8. The van der Waals surface area contributed by atoms with Crippen LogP contribution in [0.3, 0.4) is 0 Å². The molecule has 1 aliphatic heterocycles. The summed E-state index contributed by atoms with van der Waals surface area (Å²) >= 11 is 0. The summed E-state index contributed by atoms with van der Waals surface area (Å²) in [4.78, 5) is 27.6. The van der Waals surface area contributed by atoms with E-state index >= 15 is 0 Å². The topological polar surface area (TPSA) is 40.6 Å². The SMILES string of the molecule is CN(C)C(=O)CCCN1CCCC1C1CCCC1=O. The molecule has 2 atom stereocenters. The fourth-order valence-electron chi connectivity index (χ4n) is 3.49. The van der Waals surface area contributed by atoms with E-state index in [0.29, 0.717) is 18.2 Å². The van der Waals surface area contributed by atoms with Crippen LogP contribution in [0.4, 0.5) is 0 Å². The summed E-state index contributed by atoms with van der Waals surface area (Å²) in [5, 5.41) is 0. The minimum atomic E-state index is 0.202. The van der Waals surface area contributed by atoms with Gasteiger partial charge < -0.3 is 4.90 Å². The Morgan fingerprint density at radius 1 is 1.32 bits per heavy atom. The Labute approximate surface area is 116 Å². The van der Waals surface area contributed by atoms with E-state index in [9.17, 15) is 9.59 Å². The van der Waals surface area contributed by atoms with E-state index in [4.69, 9.17) is 0 Å². The third-order valence-electron chi connectivity index (χ3n) is 4.57. The molecule has 1 heterocycles. The first-order valence-electron chi connectivity index (χ1n) is 7.56. The van der Waals surface area contributed by atoms with E-state index in [-0.39, 0.29) is 11.8 Å². The van der Waals surface area contributed by atoms with Crippen LogP contribution in [0.2, 0.25) is 0 Å². The molecule has 4 nitrogen and oxygen atoms in total. The molecule has 0 N–H and O–H groups in total. The molecular weight excluding hydrogens is 240 g/mol. The van der Waals surface area contributed by atoms with Gasteiger partial charge in [-0.25, -0.2) is 0 Å². The number of ketones is 1. The third-order valence-corrected chi connectivity index (χ3v) is 4.57. The van der Waals surface area contributed by atoms with Gasteiger partial charge >= 0.3 is 0 Å². The molecular formula is C15H26N2O2. The van der Waals surface area contributed by atoms with Gasteiger partial charge in [-0.1, -0.05) is 0 Å². The highest BCUT2D eigenvalue weighted by molar-refractivity contribution is 5.83. The Hall–Kier alpha value is -0.900. The fraction of sp³-hybridized carbons (Fsp3) is 0.867. The standard InChI is InChI=1S/C15H26N2O2/c1-16(2)15(19)9-5-11-17-10-4-7-13(17)12-6-3-8-14(12)18/h12-13H,3-11H2,1-2H3. The van der Waals surface area contributed by atoms with Gasteiger partial charge in [0.2, 0.25) is 5.91 Å². The Kier molecular flexibility index (Phi) is 4.97. The molecule has 2 fully saturated rings. The summed E-state index contributed by atoms with van der Waals surface area (Å²) in [6.07, 6.45) is 6.84. The number of rotatable bonds is 5. The summed E-state index contributed by atoms with van der Waals surface area (Å²) < 4.78 is 0. The Morgan fingerprint density at radius 2 is 2.11 bits per heavy atom. The highest BCUT2D eigenvalue weighted by atomic mass is 16.2. The lowest BCUT2D eigenvalue weighted by Crippen LogP contribution is -2.38. The molecule has 2 unspecified atom stereocenters. The van der Waals surface area contributed by atoms with E-state index in [1.165, 1.54) is 6.42 Å². The highest BCUT2D eigenvalue weighted by Crippen LogP contribution is 2.33. The number of nitrogens with zero attached hydrogens (tertiary/aromatic N) is 2. The molecule has 2 rings (SSSR count). The van der Waals surface area contributed by atoms with Crippen molar-refractivity contribution in [2.75, 3.05) is 27.2 Å². The summed E-state index contributed by atoms with van der Waals surface area (Å²) in [7, 11) is 3.61. The van der Waals surface area contributed by atoms with E-state index in [1.54, 1.807) is 19.0 Å². The zero-order valence-electron chi connectivity index (χ0n) is 12.2. The van der Waals surface area contributed by atoms with Gasteiger partial charge in [0.1, 0.15) is 5.78 Å². The van der Waals surface area contributed by atoms with Crippen LogP contribution in [-0.2, 0) is 9.59 Å². The second kappa shape index (κ2) is 6.51. The number of Topliss-reactive ketones (excluding diaryl/α,β-unsaturated/α-hetero) is 1. The van der Waals surface area contributed by atoms with Crippen molar-refractivity contribution in [1.29, 1.82) is 0 Å². The molecule has 0 spiro atoms. The molecule has 19 heavy (non-hydrogen) atoms. The maximum Gasteiger partial charge on any atom is 0.222 e. The van der Waals surface area contributed by atoms with Crippen LogP contribution in [0.1, 0.15) is 44.9 Å². The second-order valence-electron chi connectivity index (χ2n) is 6.10. The largest absolute Gasteiger partial charge is 0.349 e. The van der Waals surface area contributed by atoms with Gasteiger partial charge in [0.05, 0.1) is 0 Å². The predicted molar refractivity (Wildman–Crippen MR) is 74.9 cm³/mol. The molecule has 1 amide bonds. The monoisotopic (exact) mass is 266 g/mol. The highest BCUT2D eigenvalue weighted by Gasteiger charge is 2.37. The van der Waals surface area contributed by atoms with E-state index in [2.05, 4.69) is 4.90 Å². The molecule has 108 valence electrons. The van der Waals surface area contributed by atoms with Gasteiger partial charge in [-0.05, 0) is 45.2 Å². The zero-order valence-corrected chi connectivity index (χ0v) is 12.2. The smallest absolute Gasteiger partial charge is 0.222 e. The number of hydrogen-bond acceptors (Lipinski definition) is 3. The first-order valence-corrected chi connectivity index (χ1v) is 7.56. The fourth-order valence-corrected chi connectivity index (χ4v) is 3.49. The van der Waals surface area contributed by atoms with Crippen molar-refractivity contribution in [3.63, 3.8) is 0 Å². The van der Waals surface area contributed by atoms with Crippen molar-refractivity contribution in [3.05, 3.63) is 0 Å². The van der Waals surface area contributed by atoms with Crippen LogP contribution in [0.5, 0.6) is 0 Å². The van der Waals surface area contributed by atoms with Crippen LogP contribution in [0, 0.1) is 5.92 Å². The molecule has 0 aromatic rings. The van der Waals surface area contributed by atoms with Gasteiger partial charge in [0.25, 0.3) is 0 Å². The van der Waals surface area contributed by atoms with Gasteiger partial charge in [0, 0.05) is 38.9 Å². The Balaban J connectivity index is 1.79. The number of carbonyl (C=O) groups is 2. The van der Waals surface area contributed by atoms with Gasteiger partial charge in [-0.3, -0.25) is 14.5 Å². The van der Waals surface area contributed by atoms with Crippen molar-refractivity contribution in [2.45, 2.75) is 51.0 Å². The summed E-state index contributed by atoms with van der Waals surface area (Å²) in [6.45, 7) is 2.07. The van der Waals surface area contributed by atoms with Crippen LogP contribution in [-0.4, -0.2) is 54.7 Å². The first kappa shape index (κ1) is 14.5. The first-order chi connectivity index (χ1) is 9.09. The quantitative estimate of drug-likeness (QED) is 0.760. The van der Waals surface area contributed by atoms with Gasteiger partial charge in [-0.2, -0.15) is 0 Å². The molecule has 1 aliphatic carbocycles. The molecule has 0 bridgehead atoms. The van der Waals surface area contributed by atoms with Crippen LogP contribution >= 0.6 is 0 Å². The van der Waals surface area contributed by atoms with Crippen LogP contribution in [0.25, 0.3) is 0 Å². The number of hydrogen-bond donors (Lipinski definition) is 0. The number of carbonyl (C=O) groups excluding carboxylic acids is 2. The molecule has 1 saturated carbocycles.